The van der Waals surface area contributed by atoms with Crippen LogP contribution in [0, 0.1) is 5.92 Å². The number of aliphatic hydroxyl groups is 1. The first kappa shape index (κ1) is 12.5. The van der Waals surface area contributed by atoms with Crippen LogP contribution < -0.4 is 5.32 Å². The van der Waals surface area contributed by atoms with Crippen LogP contribution in [0.3, 0.4) is 0 Å². The lowest BCUT2D eigenvalue weighted by molar-refractivity contribution is 0.276. The summed E-state index contributed by atoms with van der Waals surface area (Å²) in [6.07, 6.45) is 6.62. The van der Waals surface area contributed by atoms with E-state index in [-0.39, 0.29) is 6.61 Å². The Kier molecular flexibility index (Phi) is 4.50. The fraction of sp³-hybridized carbons (Fsp3) is 0.833. The first-order chi connectivity index (χ1) is 8.33. The second-order valence-electron chi connectivity index (χ2n) is 4.82. The van der Waals surface area contributed by atoms with Crippen molar-refractivity contribution in [2.75, 3.05) is 6.61 Å². The van der Waals surface area contributed by atoms with Gasteiger partial charge in [-0.05, 0) is 25.2 Å². The molecule has 0 bridgehead atoms. The smallest absolute Gasteiger partial charge is 0.0964 e. The summed E-state index contributed by atoms with van der Waals surface area (Å²) >= 11 is 0. The zero-order chi connectivity index (χ0) is 12.1. The Bertz CT molecular complexity index is 339. The molecule has 1 aromatic heterocycles. The molecule has 5 nitrogen and oxygen atoms in total. The summed E-state index contributed by atoms with van der Waals surface area (Å²) in [5.74, 6) is 0.879. The number of hydrogen-bond donors (Lipinski definition) is 2. The predicted molar refractivity (Wildman–Crippen MR) is 65.4 cm³/mol. The highest BCUT2D eigenvalue weighted by molar-refractivity contribution is 4.97. The van der Waals surface area contributed by atoms with E-state index >= 15 is 0 Å². The number of rotatable bonds is 8. The molecular weight excluding hydrogens is 216 g/mol. The second kappa shape index (κ2) is 6.12. The number of aliphatic hydroxyl groups excluding tert-OH is 1. The lowest BCUT2D eigenvalue weighted by Gasteiger charge is -2.00. The van der Waals surface area contributed by atoms with Crippen LogP contribution in [0.4, 0.5) is 0 Å². The Hall–Kier alpha value is -0.940. The van der Waals surface area contributed by atoms with E-state index in [1.807, 2.05) is 6.20 Å². The van der Waals surface area contributed by atoms with Gasteiger partial charge in [-0.2, -0.15) is 0 Å². The van der Waals surface area contributed by atoms with Gasteiger partial charge in [-0.3, -0.25) is 4.68 Å². The van der Waals surface area contributed by atoms with Crippen LogP contribution in [0.2, 0.25) is 0 Å². The van der Waals surface area contributed by atoms with Crippen molar-refractivity contribution in [3.63, 3.8) is 0 Å². The van der Waals surface area contributed by atoms with Crippen LogP contribution in [0.1, 0.15) is 38.3 Å². The quantitative estimate of drug-likeness (QED) is 0.707. The van der Waals surface area contributed by atoms with Crippen molar-refractivity contribution in [3.8, 4) is 0 Å². The van der Waals surface area contributed by atoms with Crippen molar-refractivity contribution in [2.45, 2.75) is 51.7 Å². The average molecular weight is 238 g/mol. The molecule has 2 N–H and O–H groups in total. The molecule has 1 heterocycles. The SMILES string of the molecule is CCCC1CC1NCc1cn(CCCO)nn1. The minimum absolute atomic E-state index is 0.203. The van der Waals surface area contributed by atoms with Gasteiger partial charge in [0.2, 0.25) is 0 Å². The molecule has 5 heteroatoms. The first-order valence-electron chi connectivity index (χ1n) is 6.56. The number of aryl methyl sites for hydroxylation is 1. The van der Waals surface area contributed by atoms with Gasteiger partial charge < -0.3 is 10.4 Å². The lowest BCUT2D eigenvalue weighted by atomic mass is 10.2. The standard InChI is InChI=1S/C12H22N4O/c1-2-4-10-7-12(10)13-8-11-9-16(15-14-11)5-3-6-17/h9-10,12-13,17H,2-8H2,1H3. The average Bonchev–Trinajstić information content (AvgIpc) is 2.91. The monoisotopic (exact) mass is 238 g/mol. The number of nitrogens with zero attached hydrogens (tertiary/aromatic N) is 3. The lowest BCUT2D eigenvalue weighted by Crippen LogP contribution is -2.17. The Balaban J connectivity index is 1.67. The molecule has 1 aliphatic rings. The zero-order valence-electron chi connectivity index (χ0n) is 10.5. The summed E-state index contributed by atoms with van der Waals surface area (Å²) < 4.78 is 1.80. The Morgan fingerprint density at radius 1 is 1.59 bits per heavy atom. The van der Waals surface area contributed by atoms with Gasteiger partial charge in [-0.15, -0.1) is 5.10 Å². The minimum atomic E-state index is 0.203. The molecule has 1 saturated carbocycles. The van der Waals surface area contributed by atoms with Crippen molar-refractivity contribution in [1.82, 2.24) is 20.3 Å². The molecule has 1 aromatic rings. The highest BCUT2D eigenvalue weighted by Gasteiger charge is 2.35. The Morgan fingerprint density at radius 2 is 2.47 bits per heavy atom. The third kappa shape index (κ3) is 3.78. The van der Waals surface area contributed by atoms with Crippen molar-refractivity contribution < 1.29 is 5.11 Å². The summed E-state index contributed by atoms with van der Waals surface area (Å²) in [4.78, 5) is 0. The highest BCUT2D eigenvalue weighted by atomic mass is 16.3. The van der Waals surface area contributed by atoms with E-state index < -0.39 is 0 Å². The van der Waals surface area contributed by atoms with Crippen LogP contribution in [0.15, 0.2) is 6.20 Å². The first-order valence-corrected chi connectivity index (χ1v) is 6.56. The number of hydrogen-bond acceptors (Lipinski definition) is 4. The number of aromatic nitrogens is 3. The van der Waals surface area contributed by atoms with E-state index in [0.717, 1.165) is 31.1 Å². The molecule has 2 atom stereocenters. The number of nitrogens with one attached hydrogen (secondary N) is 1. The second-order valence-corrected chi connectivity index (χ2v) is 4.82. The third-order valence-electron chi connectivity index (χ3n) is 3.26. The van der Waals surface area contributed by atoms with E-state index in [0.29, 0.717) is 6.04 Å². The molecule has 0 amide bonds. The predicted octanol–water partition coefficient (Wildman–Crippen LogP) is 0.939. The molecule has 0 spiro atoms. The topological polar surface area (TPSA) is 63.0 Å². The molecule has 1 fully saturated rings. The van der Waals surface area contributed by atoms with E-state index in [1.54, 1.807) is 4.68 Å². The van der Waals surface area contributed by atoms with Crippen molar-refractivity contribution in [3.05, 3.63) is 11.9 Å². The van der Waals surface area contributed by atoms with Crippen LogP contribution in [-0.2, 0) is 13.1 Å². The molecule has 2 unspecified atom stereocenters. The van der Waals surface area contributed by atoms with E-state index in [1.165, 1.54) is 19.3 Å². The fourth-order valence-electron chi connectivity index (χ4n) is 2.18. The van der Waals surface area contributed by atoms with Crippen LogP contribution in [0.25, 0.3) is 0 Å². The van der Waals surface area contributed by atoms with Gasteiger partial charge in [-0.25, -0.2) is 0 Å². The maximum absolute atomic E-state index is 8.72. The molecule has 0 aliphatic heterocycles. The van der Waals surface area contributed by atoms with Gasteiger partial charge in [0.05, 0.1) is 5.69 Å². The Labute approximate surface area is 102 Å². The van der Waals surface area contributed by atoms with Crippen molar-refractivity contribution >= 4 is 0 Å². The summed E-state index contributed by atoms with van der Waals surface area (Å²) in [5.41, 5.74) is 0.991. The fourth-order valence-corrected chi connectivity index (χ4v) is 2.18. The van der Waals surface area contributed by atoms with Gasteiger partial charge in [-0.1, -0.05) is 18.6 Å². The van der Waals surface area contributed by atoms with Crippen LogP contribution >= 0.6 is 0 Å². The van der Waals surface area contributed by atoms with Crippen LogP contribution in [-0.4, -0.2) is 32.7 Å². The summed E-state index contributed by atoms with van der Waals surface area (Å²) in [6, 6.07) is 0.692. The van der Waals surface area contributed by atoms with Gasteiger partial charge >= 0.3 is 0 Å². The maximum atomic E-state index is 8.72. The summed E-state index contributed by atoms with van der Waals surface area (Å²) in [5, 5.41) is 20.4. The Morgan fingerprint density at radius 3 is 3.24 bits per heavy atom. The molecule has 1 aliphatic carbocycles. The summed E-state index contributed by atoms with van der Waals surface area (Å²) in [7, 11) is 0. The largest absolute Gasteiger partial charge is 0.396 e. The molecule has 0 radical (unpaired) electrons. The van der Waals surface area contributed by atoms with Gasteiger partial charge in [0.25, 0.3) is 0 Å². The third-order valence-corrected chi connectivity index (χ3v) is 3.26. The molecule has 0 aromatic carbocycles. The van der Waals surface area contributed by atoms with E-state index in [2.05, 4.69) is 22.6 Å². The molecule has 2 rings (SSSR count). The maximum Gasteiger partial charge on any atom is 0.0964 e. The summed E-state index contributed by atoms with van der Waals surface area (Å²) in [6.45, 7) is 3.99. The van der Waals surface area contributed by atoms with Crippen LogP contribution in [0.5, 0.6) is 0 Å². The van der Waals surface area contributed by atoms with Gasteiger partial charge in [0.1, 0.15) is 0 Å². The van der Waals surface area contributed by atoms with Gasteiger partial charge in [0.15, 0.2) is 0 Å². The van der Waals surface area contributed by atoms with Crippen molar-refractivity contribution in [1.29, 1.82) is 0 Å². The molecule has 96 valence electrons. The zero-order valence-corrected chi connectivity index (χ0v) is 10.5. The molecule has 0 saturated heterocycles. The van der Waals surface area contributed by atoms with E-state index in [9.17, 15) is 0 Å². The normalized spacial score (nSPS) is 22.9. The van der Waals surface area contributed by atoms with Crippen molar-refractivity contribution in [2.24, 2.45) is 5.92 Å². The molecule has 17 heavy (non-hydrogen) atoms. The molecular formula is C12H22N4O. The highest BCUT2D eigenvalue weighted by Crippen LogP contribution is 2.34. The van der Waals surface area contributed by atoms with E-state index in [4.69, 9.17) is 5.11 Å². The minimum Gasteiger partial charge on any atom is -0.396 e. The van der Waals surface area contributed by atoms with Gasteiger partial charge in [0, 0.05) is 31.9 Å².